The summed E-state index contributed by atoms with van der Waals surface area (Å²) < 4.78 is 5.49. The van der Waals surface area contributed by atoms with E-state index in [9.17, 15) is 14.9 Å². The third-order valence-electron chi connectivity index (χ3n) is 4.11. The van der Waals surface area contributed by atoms with Crippen LogP contribution in [-0.2, 0) is 4.79 Å². The molecule has 142 valence electrons. The predicted octanol–water partition coefficient (Wildman–Crippen LogP) is 4.76. The largest absolute Gasteiger partial charge is 0.422 e. The lowest BCUT2D eigenvalue weighted by Crippen LogP contribution is -2.13. The van der Waals surface area contributed by atoms with Crippen LogP contribution in [-0.4, -0.2) is 11.9 Å². The van der Waals surface area contributed by atoms with E-state index in [-0.39, 0.29) is 11.3 Å². The number of hydrogen-bond donors (Lipinski definition) is 1. The highest BCUT2D eigenvalue weighted by Gasteiger charge is 2.14. The zero-order chi connectivity index (χ0) is 20.6. The monoisotopic (exact) mass is 382 g/mol. The summed E-state index contributed by atoms with van der Waals surface area (Å²) in [5.41, 5.74) is 2.38. The van der Waals surface area contributed by atoms with Crippen LogP contribution < -0.4 is 10.1 Å². The fourth-order valence-electron chi connectivity index (χ4n) is 2.57. The second kappa shape index (κ2) is 9.16. The molecule has 3 aromatic carbocycles. The van der Waals surface area contributed by atoms with E-state index in [2.05, 4.69) is 5.32 Å². The van der Waals surface area contributed by atoms with Crippen molar-refractivity contribution in [2.45, 2.75) is 6.92 Å². The zero-order valence-corrected chi connectivity index (χ0v) is 15.8. The Bertz CT molecular complexity index is 1090. The average Bonchev–Trinajstić information content (AvgIpc) is 2.74. The molecule has 5 heteroatoms. The summed E-state index contributed by atoms with van der Waals surface area (Å²) in [4.78, 5) is 24.8. The molecule has 0 spiro atoms. The van der Waals surface area contributed by atoms with E-state index in [1.54, 1.807) is 60.7 Å². The SMILES string of the molecule is Cc1ccc(C(=O)Oc2ccccc2/C=C(\C#N)C(=O)Nc2ccccc2)cc1. The fraction of sp³-hybridized carbons (Fsp3) is 0.0417. The highest BCUT2D eigenvalue weighted by Crippen LogP contribution is 2.23. The molecule has 0 bridgehead atoms. The van der Waals surface area contributed by atoms with Gasteiger partial charge in [0.25, 0.3) is 5.91 Å². The number of nitrogens with one attached hydrogen (secondary N) is 1. The molecular weight excluding hydrogens is 364 g/mol. The summed E-state index contributed by atoms with van der Waals surface area (Å²) in [5.74, 6) is -0.796. The van der Waals surface area contributed by atoms with Gasteiger partial charge in [0.15, 0.2) is 0 Å². The van der Waals surface area contributed by atoms with Crippen molar-refractivity contribution in [3.63, 3.8) is 0 Å². The summed E-state index contributed by atoms with van der Waals surface area (Å²) in [6, 6.07) is 24.5. The third kappa shape index (κ3) is 5.18. The van der Waals surface area contributed by atoms with Gasteiger partial charge in [0.1, 0.15) is 17.4 Å². The molecule has 0 atom stereocenters. The molecule has 3 rings (SSSR count). The van der Waals surface area contributed by atoms with Crippen LogP contribution in [0.5, 0.6) is 5.75 Å². The Kier molecular flexibility index (Phi) is 6.18. The van der Waals surface area contributed by atoms with Gasteiger partial charge < -0.3 is 10.1 Å². The van der Waals surface area contributed by atoms with Gasteiger partial charge in [0.2, 0.25) is 0 Å². The van der Waals surface area contributed by atoms with Gasteiger partial charge in [0, 0.05) is 11.3 Å². The minimum absolute atomic E-state index is 0.104. The first-order valence-corrected chi connectivity index (χ1v) is 8.93. The lowest BCUT2D eigenvalue weighted by Gasteiger charge is -2.09. The van der Waals surface area contributed by atoms with Gasteiger partial charge in [-0.3, -0.25) is 4.79 Å². The Morgan fingerprint density at radius 3 is 2.28 bits per heavy atom. The van der Waals surface area contributed by atoms with Crippen molar-refractivity contribution in [1.82, 2.24) is 0 Å². The number of ether oxygens (including phenoxy) is 1. The topological polar surface area (TPSA) is 79.2 Å². The number of nitrogens with zero attached hydrogens (tertiary/aromatic N) is 1. The van der Waals surface area contributed by atoms with Crippen molar-refractivity contribution in [1.29, 1.82) is 5.26 Å². The van der Waals surface area contributed by atoms with Crippen LogP contribution in [0.15, 0.2) is 84.4 Å². The van der Waals surface area contributed by atoms with E-state index < -0.39 is 11.9 Å². The number of para-hydroxylation sites is 2. The third-order valence-corrected chi connectivity index (χ3v) is 4.11. The quantitative estimate of drug-likeness (QED) is 0.299. The van der Waals surface area contributed by atoms with E-state index in [0.717, 1.165) is 5.56 Å². The Morgan fingerprint density at radius 2 is 1.59 bits per heavy atom. The molecule has 0 aliphatic carbocycles. The Labute approximate surface area is 168 Å². The smallest absolute Gasteiger partial charge is 0.343 e. The van der Waals surface area contributed by atoms with Gasteiger partial charge in [-0.1, -0.05) is 54.1 Å². The molecule has 1 amide bonds. The number of carbonyl (C=O) groups excluding carboxylic acids is 2. The molecule has 0 unspecified atom stereocenters. The molecule has 0 radical (unpaired) electrons. The van der Waals surface area contributed by atoms with Crippen LogP contribution in [0.1, 0.15) is 21.5 Å². The normalized spacial score (nSPS) is 10.7. The maximum Gasteiger partial charge on any atom is 0.343 e. The van der Waals surface area contributed by atoms with Gasteiger partial charge >= 0.3 is 5.97 Å². The summed E-state index contributed by atoms with van der Waals surface area (Å²) in [7, 11) is 0. The molecule has 29 heavy (non-hydrogen) atoms. The summed E-state index contributed by atoms with van der Waals surface area (Å²) >= 11 is 0. The molecule has 0 aliphatic heterocycles. The van der Waals surface area contributed by atoms with Gasteiger partial charge in [0.05, 0.1) is 5.56 Å². The van der Waals surface area contributed by atoms with Gasteiger partial charge in [-0.25, -0.2) is 4.79 Å². The standard InChI is InChI=1S/C24H18N2O3/c1-17-11-13-18(14-12-17)24(28)29-22-10-6-5-7-19(22)15-20(16-25)23(27)26-21-8-3-2-4-9-21/h2-15H,1H3,(H,26,27)/b20-15+. The number of rotatable bonds is 5. The fourth-order valence-corrected chi connectivity index (χ4v) is 2.57. The Morgan fingerprint density at radius 1 is 0.931 bits per heavy atom. The van der Waals surface area contributed by atoms with E-state index in [1.165, 1.54) is 6.08 Å². The predicted molar refractivity (Wildman–Crippen MR) is 111 cm³/mol. The highest BCUT2D eigenvalue weighted by molar-refractivity contribution is 6.09. The number of nitriles is 1. The van der Waals surface area contributed by atoms with Crippen molar-refractivity contribution >= 4 is 23.6 Å². The Hall–Kier alpha value is -4.17. The van der Waals surface area contributed by atoms with E-state index >= 15 is 0 Å². The maximum absolute atomic E-state index is 12.4. The van der Waals surface area contributed by atoms with Crippen molar-refractivity contribution in [3.8, 4) is 11.8 Å². The Balaban J connectivity index is 1.83. The molecule has 5 nitrogen and oxygen atoms in total. The second-order valence-electron chi connectivity index (χ2n) is 6.28. The number of amides is 1. The number of carbonyl (C=O) groups is 2. The first kappa shape index (κ1) is 19.6. The molecular formula is C24H18N2O3. The van der Waals surface area contributed by atoms with Gasteiger partial charge in [-0.15, -0.1) is 0 Å². The molecule has 0 saturated carbocycles. The summed E-state index contributed by atoms with van der Waals surface area (Å²) in [6.45, 7) is 1.93. The summed E-state index contributed by atoms with van der Waals surface area (Å²) in [6.07, 6.45) is 1.40. The molecule has 3 aromatic rings. The highest BCUT2D eigenvalue weighted by atomic mass is 16.5. The van der Waals surface area contributed by atoms with Crippen molar-refractivity contribution < 1.29 is 14.3 Å². The van der Waals surface area contributed by atoms with Crippen LogP contribution in [0, 0.1) is 18.3 Å². The van der Waals surface area contributed by atoms with Gasteiger partial charge in [-0.05, 0) is 43.3 Å². The molecule has 1 N–H and O–H groups in total. The van der Waals surface area contributed by atoms with Crippen molar-refractivity contribution in [2.75, 3.05) is 5.32 Å². The molecule has 0 aromatic heterocycles. The molecule has 0 aliphatic rings. The number of hydrogen-bond acceptors (Lipinski definition) is 4. The minimum atomic E-state index is -0.543. The average molecular weight is 382 g/mol. The van der Waals surface area contributed by atoms with Crippen molar-refractivity contribution in [3.05, 3.63) is 101 Å². The van der Waals surface area contributed by atoms with Crippen LogP contribution in [0.3, 0.4) is 0 Å². The molecule has 0 heterocycles. The number of benzene rings is 3. The van der Waals surface area contributed by atoms with E-state index in [0.29, 0.717) is 16.8 Å². The lowest BCUT2D eigenvalue weighted by atomic mass is 10.1. The van der Waals surface area contributed by atoms with Crippen molar-refractivity contribution in [2.24, 2.45) is 0 Å². The molecule has 0 fully saturated rings. The first-order chi connectivity index (χ1) is 14.1. The van der Waals surface area contributed by atoms with E-state index in [1.807, 2.05) is 31.2 Å². The zero-order valence-electron chi connectivity index (χ0n) is 15.8. The lowest BCUT2D eigenvalue weighted by molar-refractivity contribution is -0.112. The second-order valence-corrected chi connectivity index (χ2v) is 6.28. The number of aryl methyl sites for hydroxylation is 1. The first-order valence-electron chi connectivity index (χ1n) is 8.93. The van der Waals surface area contributed by atoms with E-state index in [4.69, 9.17) is 4.74 Å². The molecule has 0 saturated heterocycles. The van der Waals surface area contributed by atoms with Crippen LogP contribution in [0.25, 0.3) is 6.08 Å². The number of anilines is 1. The summed E-state index contributed by atoms with van der Waals surface area (Å²) in [5, 5.41) is 12.1. The van der Waals surface area contributed by atoms with Crippen LogP contribution in [0.2, 0.25) is 0 Å². The maximum atomic E-state index is 12.4. The van der Waals surface area contributed by atoms with Crippen LogP contribution in [0.4, 0.5) is 5.69 Å². The number of esters is 1. The van der Waals surface area contributed by atoms with Gasteiger partial charge in [-0.2, -0.15) is 5.26 Å². The van der Waals surface area contributed by atoms with Crippen LogP contribution >= 0.6 is 0 Å². The minimum Gasteiger partial charge on any atom is -0.422 e.